The summed E-state index contributed by atoms with van der Waals surface area (Å²) in [5, 5.41) is 14.7. The maximum absolute atomic E-state index is 11.1. The van der Waals surface area contributed by atoms with Crippen LogP contribution in [0.1, 0.15) is 36.0 Å². The van der Waals surface area contributed by atoms with Crippen molar-refractivity contribution in [2.75, 3.05) is 0 Å². The maximum atomic E-state index is 11.1. The van der Waals surface area contributed by atoms with Crippen LogP contribution < -0.4 is 4.74 Å². The van der Waals surface area contributed by atoms with E-state index in [9.17, 15) is 4.79 Å². The van der Waals surface area contributed by atoms with Gasteiger partial charge in [-0.2, -0.15) is 5.10 Å². The van der Waals surface area contributed by atoms with Crippen LogP contribution in [0, 0.1) is 0 Å². The number of aromatic nitrogens is 3. The molecule has 1 N–H and O–H groups in total. The number of ether oxygens (including phenoxy) is 1. The predicted octanol–water partition coefficient (Wildman–Crippen LogP) is 5.19. The highest BCUT2D eigenvalue weighted by Gasteiger charge is 2.12. The Morgan fingerprint density at radius 2 is 1.97 bits per heavy atom. The first-order chi connectivity index (χ1) is 15.6. The molecular formula is C26H25N3O3. The van der Waals surface area contributed by atoms with E-state index in [-0.39, 0.29) is 12.3 Å². The molecule has 1 atom stereocenters. The summed E-state index contributed by atoms with van der Waals surface area (Å²) in [4.78, 5) is 15.3. The number of hydrogen-bond acceptors (Lipinski definition) is 4. The summed E-state index contributed by atoms with van der Waals surface area (Å²) >= 11 is 0. The van der Waals surface area contributed by atoms with Gasteiger partial charge in [-0.25, -0.2) is 0 Å². The van der Waals surface area contributed by atoms with Crippen LogP contribution in [-0.2, 0) is 17.9 Å². The summed E-state index contributed by atoms with van der Waals surface area (Å²) in [6.07, 6.45) is 9.34. The van der Waals surface area contributed by atoms with E-state index in [2.05, 4.69) is 22.2 Å². The fraction of sp³-hybridized carbons (Fsp3) is 0.192. The largest absolute Gasteiger partial charge is 0.489 e. The highest BCUT2D eigenvalue weighted by atomic mass is 16.5. The lowest BCUT2D eigenvalue weighted by Crippen LogP contribution is -2.04. The molecule has 6 heteroatoms. The molecule has 0 saturated carbocycles. The van der Waals surface area contributed by atoms with Gasteiger partial charge in [-0.05, 0) is 47.9 Å². The van der Waals surface area contributed by atoms with Crippen LogP contribution in [0.25, 0.3) is 10.9 Å². The van der Waals surface area contributed by atoms with Gasteiger partial charge in [-0.3, -0.25) is 14.5 Å². The first kappa shape index (κ1) is 21.3. The lowest BCUT2D eigenvalue weighted by atomic mass is 9.95. The Morgan fingerprint density at radius 3 is 2.69 bits per heavy atom. The Balaban J connectivity index is 1.44. The van der Waals surface area contributed by atoms with E-state index in [1.807, 2.05) is 78.6 Å². The number of hydrogen-bond donors (Lipinski definition) is 1. The number of rotatable bonds is 9. The second kappa shape index (κ2) is 9.92. The number of carboxylic acid groups (broad SMARTS) is 1. The first-order valence-corrected chi connectivity index (χ1v) is 10.5. The van der Waals surface area contributed by atoms with Gasteiger partial charge in [0.05, 0.1) is 24.7 Å². The normalized spacial score (nSPS) is 12.3. The molecule has 4 aromatic rings. The summed E-state index contributed by atoms with van der Waals surface area (Å²) in [6, 6.07) is 17.8. The second-order valence-corrected chi connectivity index (χ2v) is 7.64. The molecule has 0 spiro atoms. The molecule has 2 aromatic heterocycles. The van der Waals surface area contributed by atoms with Crippen LogP contribution in [0.5, 0.6) is 5.75 Å². The number of benzene rings is 2. The fourth-order valence-corrected chi connectivity index (χ4v) is 3.69. The molecular weight excluding hydrogens is 402 g/mol. The molecule has 0 amide bonds. The molecule has 0 saturated heterocycles. The molecule has 0 aliphatic heterocycles. The number of fused-ring (bicyclic) bond motifs is 1. The molecule has 32 heavy (non-hydrogen) atoms. The zero-order chi connectivity index (χ0) is 22.3. The first-order valence-electron chi connectivity index (χ1n) is 10.5. The highest BCUT2D eigenvalue weighted by Crippen LogP contribution is 2.25. The van der Waals surface area contributed by atoms with Gasteiger partial charge in [-0.1, -0.05) is 42.5 Å². The van der Waals surface area contributed by atoms with E-state index in [0.29, 0.717) is 13.2 Å². The van der Waals surface area contributed by atoms with Crippen LogP contribution in [0.15, 0.2) is 85.3 Å². The van der Waals surface area contributed by atoms with Gasteiger partial charge in [0.15, 0.2) is 0 Å². The van der Waals surface area contributed by atoms with Crippen molar-refractivity contribution in [2.45, 2.75) is 32.4 Å². The number of allylic oxidation sites excluding steroid dienone is 2. The molecule has 0 aliphatic carbocycles. The van der Waals surface area contributed by atoms with Crippen molar-refractivity contribution in [3.05, 3.63) is 102 Å². The molecule has 0 aliphatic rings. The van der Waals surface area contributed by atoms with E-state index in [1.54, 1.807) is 6.20 Å². The summed E-state index contributed by atoms with van der Waals surface area (Å²) in [7, 11) is 0. The molecule has 162 valence electrons. The molecule has 0 bridgehead atoms. The van der Waals surface area contributed by atoms with Gasteiger partial charge in [0, 0.05) is 23.7 Å². The van der Waals surface area contributed by atoms with Crippen molar-refractivity contribution in [1.82, 2.24) is 14.8 Å². The molecule has 0 unspecified atom stereocenters. The van der Waals surface area contributed by atoms with Crippen molar-refractivity contribution >= 4 is 16.9 Å². The van der Waals surface area contributed by atoms with Crippen LogP contribution in [-0.4, -0.2) is 25.8 Å². The van der Waals surface area contributed by atoms with Crippen molar-refractivity contribution in [2.24, 2.45) is 0 Å². The van der Waals surface area contributed by atoms with Crippen molar-refractivity contribution in [1.29, 1.82) is 0 Å². The molecule has 2 aromatic carbocycles. The number of carbonyl (C=O) groups is 1. The SMILES string of the molecule is CC=C[C@H](CC(=O)O)c1ccc(OCc2ccc3cnn(Cc4cccnc4)c3c2)cc1. The zero-order valence-electron chi connectivity index (χ0n) is 17.9. The van der Waals surface area contributed by atoms with Gasteiger partial charge in [0.25, 0.3) is 0 Å². The van der Waals surface area contributed by atoms with E-state index < -0.39 is 5.97 Å². The molecule has 4 rings (SSSR count). The Kier molecular flexibility index (Phi) is 6.60. The Labute approximate surface area is 186 Å². The molecule has 6 nitrogen and oxygen atoms in total. The topological polar surface area (TPSA) is 77.2 Å². The third-order valence-corrected chi connectivity index (χ3v) is 5.30. The highest BCUT2D eigenvalue weighted by molar-refractivity contribution is 5.79. The molecule has 0 fully saturated rings. The van der Waals surface area contributed by atoms with Gasteiger partial charge in [0.1, 0.15) is 12.4 Å². The second-order valence-electron chi connectivity index (χ2n) is 7.64. The van der Waals surface area contributed by atoms with Crippen LogP contribution in [0.2, 0.25) is 0 Å². The van der Waals surface area contributed by atoms with Crippen molar-refractivity contribution < 1.29 is 14.6 Å². The number of carboxylic acids is 1. The van der Waals surface area contributed by atoms with Gasteiger partial charge >= 0.3 is 5.97 Å². The zero-order valence-corrected chi connectivity index (χ0v) is 17.9. The third kappa shape index (κ3) is 5.21. The van der Waals surface area contributed by atoms with Gasteiger partial charge < -0.3 is 9.84 Å². The average Bonchev–Trinajstić information content (AvgIpc) is 3.20. The number of nitrogens with zero attached hydrogens (tertiary/aromatic N) is 3. The lowest BCUT2D eigenvalue weighted by molar-refractivity contribution is -0.137. The lowest BCUT2D eigenvalue weighted by Gasteiger charge is -2.12. The van der Waals surface area contributed by atoms with Gasteiger partial charge in [-0.15, -0.1) is 0 Å². The van der Waals surface area contributed by atoms with Crippen LogP contribution in [0.4, 0.5) is 0 Å². The van der Waals surface area contributed by atoms with Crippen LogP contribution >= 0.6 is 0 Å². The van der Waals surface area contributed by atoms with E-state index in [0.717, 1.165) is 33.3 Å². The van der Waals surface area contributed by atoms with E-state index >= 15 is 0 Å². The minimum atomic E-state index is -0.813. The fourth-order valence-electron chi connectivity index (χ4n) is 3.69. The molecule has 0 radical (unpaired) electrons. The van der Waals surface area contributed by atoms with Crippen molar-refractivity contribution in [3.8, 4) is 5.75 Å². The van der Waals surface area contributed by atoms with Gasteiger partial charge in [0.2, 0.25) is 0 Å². The Bertz CT molecular complexity index is 1210. The standard InChI is InChI=1S/C26H25N3O3/c1-2-4-22(14-26(30)31)21-8-10-24(11-9-21)32-18-19-6-7-23-16-28-29(25(23)13-19)17-20-5-3-12-27-15-20/h2-13,15-16,22H,14,17-18H2,1H3,(H,30,31)/t22-/m1/s1. The Hall–Kier alpha value is -3.93. The number of pyridine rings is 1. The predicted molar refractivity (Wildman–Crippen MR) is 124 cm³/mol. The quantitative estimate of drug-likeness (QED) is 0.372. The maximum Gasteiger partial charge on any atom is 0.304 e. The minimum absolute atomic E-state index is 0.0668. The summed E-state index contributed by atoms with van der Waals surface area (Å²) < 4.78 is 7.94. The van der Waals surface area contributed by atoms with E-state index in [1.165, 1.54) is 0 Å². The van der Waals surface area contributed by atoms with Crippen LogP contribution in [0.3, 0.4) is 0 Å². The third-order valence-electron chi connectivity index (χ3n) is 5.30. The summed E-state index contributed by atoms with van der Waals surface area (Å²) in [5.41, 5.74) is 4.15. The van der Waals surface area contributed by atoms with Crippen molar-refractivity contribution in [3.63, 3.8) is 0 Å². The Morgan fingerprint density at radius 1 is 1.12 bits per heavy atom. The summed E-state index contributed by atoms with van der Waals surface area (Å²) in [5.74, 6) is -0.215. The average molecular weight is 428 g/mol. The molecule has 2 heterocycles. The van der Waals surface area contributed by atoms with E-state index in [4.69, 9.17) is 9.84 Å². The number of aliphatic carboxylic acids is 1. The monoisotopic (exact) mass is 427 g/mol. The smallest absolute Gasteiger partial charge is 0.304 e. The summed E-state index contributed by atoms with van der Waals surface area (Å²) in [6.45, 7) is 2.99. The minimum Gasteiger partial charge on any atom is -0.489 e.